The van der Waals surface area contributed by atoms with Crippen LogP contribution in [0.3, 0.4) is 0 Å². The van der Waals surface area contributed by atoms with Crippen LogP contribution in [-0.4, -0.2) is 41.3 Å². The zero-order valence-electron chi connectivity index (χ0n) is 14.7. The van der Waals surface area contributed by atoms with Gasteiger partial charge in [-0.2, -0.15) is 22.0 Å². The summed E-state index contributed by atoms with van der Waals surface area (Å²) in [5, 5.41) is 10.2. The van der Waals surface area contributed by atoms with Crippen LogP contribution in [0.25, 0.3) is 0 Å². The summed E-state index contributed by atoms with van der Waals surface area (Å²) in [6, 6.07) is 2.66. The van der Waals surface area contributed by atoms with Gasteiger partial charge in [-0.1, -0.05) is 6.07 Å². The second-order valence-corrected chi connectivity index (χ2v) is 7.91. The summed E-state index contributed by atoms with van der Waals surface area (Å²) >= 11 is 2.94. The Kier molecular flexibility index (Phi) is 4.92. The van der Waals surface area contributed by atoms with Crippen molar-refractivity contribution in [3.8, 4) is 0 Å². The molecule has 0 radical (unpaired) electrons. The predicted molar refractivity (Wildman–Crippen MR) is 93.7 cm³/mol. The van der Waals surface area contributed by atoms with Gasteiger partial charge in [0.15, 0.2) is 11.6 Å². The van der Waals surface area contributed by atoms with Gasteiger partial charge in [-0.25, -0.2) is 8.78 Å². The number of aliphatic hydroxyl groups is 1. The molecule has 0 saturated heterocycles. The van der Waals surface area contributed by atoms with Crippen LogP contribution in [0.2, 0.25) is 0 Å². The molecule has 12 heteroatoms. The van der Waals surface area contributed by atoms with E-state index in [0.717, 1.165) is 4.90 Å². The topological polar surface area (TPSA) is 45.1 Å². The molecule has 0 unspecified atom stereocenters. The summed E-state index contributed by atoms with van der Waals surface area (Å²) in [4.78, 5) is 5.15. The van der Waals surface area contributed by atoms with Crippen molar-refractivity contribution in [3.63, 3.8) is 0 Å². The average molecular weight is 501 g/mol. The molecule has 0 bridgehead atoms. The first-order chi connectivity index (χ1) is 13.9. The molecule has 162 valence electrons. The second-order valence-electron chi connectivity index (χ2n) is 7.05. The van der Waals surface area contributed by atoms with E-state index in [1.54, 1.807) is 0 Å². The van der Waals surface area contributed by atoms with Crippen molar-refractivity contribution < 1.29 is 40.6 Å². The normalized spacial score (nSPS) is 28.2. The Hall–Kier alpha value is -2.08. The first-order valence-electron chi connectivity index (χ1n) is 8.56. The van der Waals surface area contributed by atoms with E-state index in [0.29, 0.717) is 12.3 Å². The first-order valence-corrected chi connectivity index (χ1v) is 9.35. The number of benzene rings is 1. The van der Waals surface area contributed by atoms with Gasteiger partial charge in [-0.05, 0) is 33.6 Å². The monoisotopic (exact) mass is 500 g/mol. The molecule has 4 nitrogen and oxygen atoms in total. The lowest BCUT2D eigenvalue weighted by Crippen LogP contribution is -2.41. The van der Waals surface area contributed by atoms with Gasteiger partial charge < -0.3 is 14.7 Å². The van der Waals surface area contributed by atoms with Crippen molar-refractivity contribution in [1.82, 2.24) is 4.90 Å². The number of rotatable bonds is 2. The van der Waals surface area contributed by atoms with Crippen LogP contribution in [0.1, 0.15) is 23.7 Å². The lowest BCUT2D eigenvalue weighted by molar-refractivity contribution is -0.0981. The third kappa shape index (κ3) is 3.29. The Bertz CT molecular complexity index is 991. The predicted octanol–water partition coefficient (Wildman–Crippen LogP) is 4.86. The highest BCUT2D eigenvalue weighted by Crippen LogP contribution is 2.50. The highest BCUT2D eigenvalue weighted by atomic mass is 79.9. The van der Waals surface area contributed by atoms with Crippen molar-refractivity contribution in [2.75, 3.05) is 6.54 Å². The number of allylic oxidation sites excluding steroid dienone is 2. The molecule has 1 N–H and O–H groups in total. The van der Waals surface area contributed by atoms with Gasteiger partial charge in [0.05, 0.1) is 16.6 Å². The van der Waals surface area contributed by atoms with E-state index in [-0.39, 0.29) is 28.0 Å². The van der Waals surface area contributed by atoms with Gasteiger partial charge in [-0.15, -0.1) is 0 Å². The standard InChI is InChI=1S/C18H12BrF7N2O2/c19-9-2-1-8-12(13(9)21)14(29)10(20)4-17(8)6-28-5-7(18(24,25)26)3-11(15(28)27-17)30-16(22)23/h1-3,5,10,14,16,29H,4,6H2/t10-,14-,17-/m1/s1. The molecule has 0 aromatic heterocycles. The second kappa shape index (κ2) is 6.98. The number of ether oxygens (including phenoxy) is 1. The van der Waals surface area contributed by atoms with Crippen molar-refractivity contribution in [2.24, 2.45) is 4.99 Å². The average Bonchev–Trinajstić information content (AvgIpc) is 3.00. The summed E-state index contributed by atoms with van der Waals surface area (Å²) in [6.45, 7) is -3.81. The lowest BCUT2D eigenvalue weighted by atomic mass is 9.74. The van der Waals surface area contributed by atoms with Gasteiger partial charge in [0.2, 0.25) is 0 Å². The number of hydrogen-bond acceptors (Lipinski definition) is 4. The molecule has 3 atom stereocenters. The molecule has 0 amide bonds. The largest absolute Gasteiger partial charge is 0.431 e. The molecular formula is C18H12BrF7N2O2. The fourth-order valence-corrected chi connectivity index (χ4v) is 4.30. The minimum Gasteiger partial charge on any atom is -0.431 e. The lowest BCUT2D eigenvalue weighted by Gasteiger charge is -2.38. The Morgan fingerprint density at radius 3 is 2.63 bits per heavy atom. The van der Waals surface area contributed by atoms with Gasteiger partial charge in [-0.3, -0.25) is 4.99 Å². The molecule has 2 aliphatic heterocycles. The summed E-state index contributed by atoms with van der Waals surface area (Å²) in [6.07, 6.45) is -8.11. The van der Waals surface area contributed by atoms with Crippen molar-refractivity contribution in [3.05, 3.63) is 57.2 Å². The zero-order valence-corrected chi connectivity index (χ0v) is 16.3. The van der Waals surface area contributed by atoms with E-state index in [1.807, 2.05) is 0 Å². The SMILES string of the molecule is O[C@H]1c2c(ccc(Br)c2F)[C@@]2(C[C@H]1F)CN1C=C(C(F)(F)F)C=C(OC(F)F)C1=N2. The Morgan fingerprint density at radius 1 is 1.30 bits per heavy atom. The number of aliphatic hydroxyl groups excluding tert-OH is 1. The molecule has 1 spiro atoms. The number of amidine groups is 1. The fraction of sp³-hybridized carbons (Fsp3) is 0.389. The maximum Gasteiger partial charge on any atom is 0.417 e. The highest BCUT2D eigenvalue weighted by molar-refractivity contribution is 9.10. The van der Waals surface area contributed by atoms with Gasteiger partial charge >= 0.3 is 12.8 Å². The van der Waals surface area contributed by atoms with Gasteiger partial charge in [0.25, 0.3) is 0 Å². The van der Waals surface area contributed by atoms with Gasteiger partial charge in [0, 0.05) is 18.2 Å². The van der Waals surface area contributed by atoms with E-state index in [2.05, 4.69) is 25.7 Å². The molecule has 3 aliphatic rings. The van der Waals surface area contributed by atoms with Crippen molar-refractivity contribution in [1.29, 1.82) is 0 Å². The van der Waals surface area contributed by atoms with Crippen molar-refractivity contribution >= 4 is 21.8 Å². The molecule has 2 heterocycles. The van der Waals surface area contributed by atoms with Crippen LogP contribution in [0.15, 0.2) is 45.2 Å². The Labute approximate surface area is 173 Å². The van der Waals surface area contributed by atoms with E-state index >= 15 is 0 Å². The third-order valence-electron chi connectivity index (χ3n) is 5.17. The van der Waals surface area contributed by atoms with Crippen LogP contribution in [0.5, 0.6) is 0 Å². The molecule has 1 aliphatic carbocycles. The van der Waals surface area contributed by atoms with Crippen LogP contribution in [-0.2, 0) is 10.3 Å². The quantitative estimate of drug-likeness (QED) is 0.590. The van der Waals surface area contributed by atoms with E-state index in [4.69, 9.17) is 0 Å². The van der Waals surface area contributed by atoms with E-state index in [9.17, 15) is 35.8 Å². The minimum absolute atomic E-state index is 0.0474. The molecule has 0 fully saturated rings. The summed E-state index contributed by atoms with van der Waals surface area (Å²) in [7, 11) is 0. The summed E-state index contributed by atoms with van der Waals surface area (Å²) < 4.78 is 98.7. The molecule has 1 aromatic carbocycles. The van der Waals surface area contributed by atoms with Crippen LogP contribution < -0.4 is 0 Å². The number of nitrogens with zero attached hydrogens (tertiary/aromatic N) is 2. The van der Waals surface area contributed by atoms with Crippen LogP contribution in [0, 0.1) is 5.82 Å². The third-order valence-corrected chi connectivity index (χ3v) is 5.79. The number of fused-ring (bicyclic) bond motifs is 3. The fourth-order valence-electron chi connectivity index (χ4n) is 3.95. The number of halogens is 8. The number of alkyl halides is 6. The summed E-state index contributed by atoms with van der Waals surface area (Å²) in [5.41, 5.74) is -3.19. The van der Waals surface area contributed by atoms with E-state index in [1.165, 1.54) is 12.1 Å². The molecule has 4 rings (SSSR count). The van der Waals surface area contributed by atoms with Crippen molar-refractivity contribution in [2.45, 2.75) is 37.0 Å². The van der Waals surface area contributed by atoms with Gasteiger partial charge in [0.1, 0.15) is 23.6 Å². The van der Waals surface area contributed by atoms with E-state index < -0.39 is 54.2 Å². The Morgan fingerprint density at radius 2 is 2.00 bits per heavy atom. The maximum atomic E-state index is 14.6. The molecule has 30 heavy (non-hydrogen) atoms. The number of aliphatic imine (C=N–C) groups is 1. The minimum atomic E-state index is -4.86. The van der Waals surface area contributed by atoms with Crippen LogP contribution in [0.4, 0.5) is 30.7 Å². The number of hydrogen-bond donors (Lipinski definition) is 1. The first kappa shape index (κ1) is 21.2. The molecular weight excluding hydrogens is 489 g/mol. The summed E-state index contributed by atoms with van der Waals surface area (Å²) in [5.74, 6) is -2.13. The highest BCUT2D eigenvalue weighted by Gasteiger charge is 2.52. The smallest absolute Gasteiger partial charge is 0.417 e. The maximum absolute atomic E-state index is 14.6. The zero-order chi connectivity index (χ0) is 22.0. The molecule has 0 saturated carbocycles. The Balaban J connectivity index is 1.87. The molecule has 1 aromatic rings. The van der Waals surface area contributed by atoms with Crippen LogP contribution >= 0.6 is 15.9 Å².